The van der Waals surface area contributed by atoms with Crippen molar-refractivity contribution in [3.63, 3.8) is 0 Å². The predicted molar refractivity (Wildman–Crippen MR) is 114 cm³/mol. The summed E-state index contributed by atoms with van der Waals surface area (Å²) in [6, 6.07) is 11.2. The lowest BCUT2D eigenvalue weighted by molar-refractivity contribution is 0.455. The number of hydrogen-bond acceptors (Lipinski definition) is 4. The van der Waals surface area contributed by atoms with Crippen LogP contribution in [0.3, 0.4) is 0 Å². The minimum Gasteiger partial charge on any atom is -0.508 e. The van der Waals surface area contributed by atoms with Crippen molar-refractivity contribution in [3.05, 3.63) is 91.4 Å². The van der Waals surface area contributed by atoms with Crippen LogP contribution in [-0.2, 0) is 14.9 Å². The first-order valence-electron chi connectivity index (χ1n) is 7.89. The van der Waals surface area contributed by atoms with E-state index in [1.165, 1.54) is 48.5 Å². The molecule has 0 heterocycles. The Balaban J connectivity index is 2.65. The molecule has 3 aromatic rings. The Morgan fingerprint density at radius 1 is 0.724 bits per heavy atom. The van der Waals surface area contributed by atoms with Crippen LogP contribution in [0.15, 0.2) is 54.6 Å². The normalized spacial score (nSPS) is 13.8. The van der Waals surface area contributed by atoms with Gasteiger partial charge >= 0.3 is 0 Å². The maximum atomic E-state index is 13.0. The van der Waals surface area contributed by atoms with Crippen molar-refractivity contribution >= 4 is 56.5 Å². The van der Waals surface area contributed by atoms with Crippen LogP contribution < -0.4 is 0 Å². The maximum absolute atomic E-state index is 13.0. The summed E-state index contributed by atoms with van der Waals surface area (Å²) in [5.74, 6) is -0.464. The quantitative estimate of drug-likeness (QED) is 0.239. The zero-order chi connectivity index (χ0) is 21.6. The van der Waals surface area contributed by atoms with Gasteiger partial charge in [-0.2, -0.15) is 8.42 Å². The highest BCUT2D eigenvalue weighted by molar-refractivity contribution is 7.87. The number of phenolic OH excluding ortho intramolecular Hbond substituents is 2. The van der Waals surface area contributed by atoms with E-state index in [4.69, 9.17) is 46.4 Å². The highest BCUT2D eigenvalue weighted by Gasteiger charge is 2.52. The van der Waals surface area contributed by atoms with Gasteiger partial charge in [0.2, 0.25) is 0 Å². The third-order valence-corrected chi connectivity index (χ3v) is 7.27. The van der Waals surface area contributed by atoms with Gasteiger partial charge < -0.3 is 10.2 Å². The summed E-state index contributed by atoms with van der Waals surface area (Å²) in [4.78, 5) is 0. The molecular weight excluding hydrogens is 482 g/mol. The van der Waals surface area contributed by atoms with Crippen molar-refractivity contribution in [2.24, 2.45) is 0 Å². The van der Waals surface area contributed by atoms with Crippen molar-refractivity contribution in [2.75, 3.05) is 0 Å². The lowest BCUT2D eigenvalue weighted by Gasteiger charge is -2.34. The zero-order valence-corrected chi connectivity index (χ0v) is 18.1. The van der Waals surface area contributed by atoms with Crippen molar-refractivity contribution in [3.8, 4) is 11.5 Å². The van der Waals surface area contributed by atoms with Crippen LogP contribution in [0.4, 0.5) is 0 Å². The van der Waals surface area contributed by atoms with Crippen LogP contribution in [0.1, 0.15) is 16.7 Å². The fraction of sp³-hybridized carbons (Fsp3) is 0.0526. The molecule has 29 heavy (non-hydrogen) atoms. The minimum absolute atomic E-state index is 0.0193. The lowest BCUT2D eigenvalue weighted by Crippen LogP contribution is -2.39. The maximum Gasteiger partial charge on any atom is 0.283 e. The molecule has 0 bridgehead atoms. The van der Waals surface area contributed by atoms with E-state index < -0.39 is 14.9 Å². The van der Waals surface area contributed by atoms with Crippen LogP contribution in [0.2, 0.25) is 20.1 Å². The molecule has 0 spiro atoms. The van der Waals surface area contributed by atoms with Crippen LogP contribution in [0, 0.1) is 0 Å². The number of hydrogen-bond donors (Lipinski definition) is 3. The van der Waals surface area contributed by atoms with E-state index in [9.17, 15) is 23.2 Å². The van der Waals surface area contributed by atoms with Gasteiger partial charge in [0.05, 0.1) is 10.0 Å². The van der Waals surface area contributed by atoms with Crippen molar-refractivity contribution in [1.82, 2.24) is 0 Å². The molecule has 0 aliphatic carbocycles. The monoisotopic (exact) mass is 492 g/mol. The Bertz CT molecular complexity index is 1200. The third kappa shape index (κ3) is 3.65. The van der Waals surface area contributed by atoms with Gasteiger partial charge in [0.15, 0.2) is 4.75 Å². The molecule has 0 fully saturated rings. The molecule has 0 aliphatic heterocycles. The van der Waals surface area contributed by atoms with E-state index in [0.29, 0.717) is 0 Å². The second-order valence-electron chi connectivity index (χ2n) is 6.09. The molecule has 3 aromatic carbocycles. The highest BCUT2D eigenvalue weighted by atomic mass is 35.5. The van der Waals surface area contributed by atoms with Gasteiger partial charge in [0.1, 0.15) is 11.5 Å². The van der Waals surface area contributed by atoms with Gasteiger partial charge in [-0.15, -0.1) is 0 Å². The molecule has 0 aliphatic rings. The van der Waals surface area contributed by atoms with Gasteiger partial charge in [-0.1, -0.05) is 58.5 Å². The lowest BCUT2D eigenvalue weighted by atomic mass is 9.83. The summed E-state index contributed by atoms with van der Waals surface area (Å²) < 4.78 is 34.1. The Kier molecular flexibility index (Phi) is 5.98. The molecule has 0 aromatic heterocycles. The molecule has 0 saturated heterocycles. The molecule has 0 saturated carbocycles. The predicted octanol–water partition coefficient (Wildman–Crippen LogP) is 5.89. The molecule has 0 radical (unpaired) electrons. The van der Waals surface area contributed by atoms with Gasteiger partial charge in [-0.25, -0.2) is 0 Å². The van der Waals surface area contributed by atoms with E-state index in [0.717, 1.165) is 6.07 Å². The summed E-state index contributed by atoms with van der Waals surface area (Å²) in [5.41, 5.74) is -0.510. The first-order valence-corrected chi connectivity index (χ1v) is 10.8. The molecular formula is C19H12Cl4O5S. The molecule has 152 valence electrons. The summed E-state index contributed by atoms with van der Waals surface area (Å²) in [5, 5.41) is 19.2. The van der Waals surface area contributed by atoms with Crippen LogP contribution in [-0.4, -0.2) is 23.2 Å². The topological polar surface area (TPSA) is 94.8 Å². The second kappa shape index (κ2) is 7.87. The first-order chi connectivity index (χ1) is 13.5. The Hall–Kier alpha value is -1.67. The van der Waals surface area contributed by atoms with Crippen LogP contribution in [0.5, 0.6) is 11.5 Å². The van der Waals surface area contributed by atoms with E-state index in [-0.39, 0.29) is 48.3 Å². The van der Waals surface area contributed by atoms with Crippen molar-refractivity contribution in [1.29, 1.82) is 0 Å². The van der Waals surface area contributed by atoms with Crippen LogP contribution >= 0.6 is 46.4 Å². The molecule has 3 N–H and O–H groups in total. The summed E-state index contributed by atoms with van der Waals surface area (Å²) in [6.45, 7) is 0. The van der Waals surface area contributed by atoms with E-state index in [1.54, 1.807) is 0 Å². The summed E-state index contributed by atoms with van der Waals surface area (Å²) in [7, 11) is -5.10. The third-order valence-electron chi connectivity index (χ3n) is 4.39. The summed E-state index contributed by atoms with van der Waals surface area (Å²) in [6.07, 6.45) is 0. The van der Waals surface area contributed by atoms with E-state index in [2.05, 4.69) is 0 Å². The average Bonchev–Trinajstić information content (AvgIpc) is 2.64. The van der Waals surface area contributed by atoms with E-state index >= 15 is 0 Å². The average molecular weight is 494 g/mol. The fourth-order valence-electron chi connectivity index (χ4n) is 3.18. The molecule has 3 rings (SSSR count). The van der Waals surface area contributed by atoms with Gasteiger partial charge in [0, 0.05) is 21.2 Å². The fourth-order valence-corrected chi connectivity index (χ4v) is 5.77. The second-order valence-corrected chi connectivity index (χ2v) is 9.25. The van der Waals surface area contributed by atoms with Gasteiger partial charge in [-0.05, 0) is 48.0 Å². The zero-order valence-electron chi connectivity index (χ0n) is 14.3. The first kappa shape index (κ1) is 22.0. The molecule has 10 heteroatoms. The molecule has 5 nitrogen and oxygen atoms in total. The SMILES string of the molecule is O=S(=O)(O)C(c1ccc(O)cc1)(c1cc(O)ccc1Cl)c1c(Cl)ccc(Cl)c1Cl. The molecule has 1 atom stereocenters. The van der Waals surface area contributed by atoms with Crippen molar-refractivity contribution < 1.29 is 23.2 Å². The molecule has 1 unspecified atom stereocenters. The summed E-state index contributed by atoms with van der Waals surface area (Å²) >= 11 is 25.1. The standard InChI is InChI=1S/C19H12Cl4O5S/c20-14-6-5-12(25)9-13(14)19(29(26,27)28,10-1-3-11(24)4-2-10)17-15(21)7-8-16(22)18(17)23/h1-9,24-25H,(H,26,27,28). The number of phenols is 2. The smallest absolute Gasteiger partial charge is 0.283 e. The Labute approximate surface area is 186 Å². The number of halogens is 4. The highest BCUT2D eigenvalue weighted by Crippen LogP contribution is 2.52. The van der Waals surface area contributed by atoms with Gasteiger partial charge in [0.25, 0.3) is 10.1 Å². The number of aromatic hydroxyl groups is 2. The van der Waals surface area contributed by atoms with E-state index in [1.807, 2.05) is 0 Å². The van der Waals surface area contributed by atoms with Crippen LogP contribution in [0.25, 0.3) is 0 Å². The molecule has 0 amide bonds. The Morgan fingerprint density at radius 2 is 1.24 bits per heavy atom. The van der Waals surface area contributed by atoms with Crippen molar-refractivity contribution in [2.45, 2.75) is 4.75 Å². The van der Waals surface area contributed by atoms with Gasteiger partial charge in [-0.3, -0.25) is 4.55 Å². The largest absolute Gasteiger partial charge is 0.508 e. The number of rotatable bonds is 4. The Morgan fingerprint density at radius 3 is 1.83 bits per heavy atom. The number of benzene rings is 3. The minimum atomic E-state index is -5.10.